The largest absolute Gasteiger partial charge is 0.350 e. The van der Waals surface area contributed by atoms with Crippen molar-refractivity contribution in [2.45, 2.75) is 46.0 Å². The molecule has 2 amide bonds. The number of nitrogens with one attached hydrogen (secondary N) is 1. The van der Waals surface area contributed by atoms with Gasteiger partial charge in [0.2, 0.25) is 0 Å². The summed E-state index contributed by atoms with van der Waals surface area (Å²) in [5.74, 6) is 1.08. The minimum atomic E-state index is -0.575. The highest BCUT2D eigenvalue weighted by molar-refractivity contribution is 5.88. The van der Waals surface area contributed by atoms with E-state index in [0.29, 0.717) is 11.8 Å². The molecule has 0 radical (unpaired) electrons. The van der Waals surface area contributed by atoms with E-state index in [1.165, 1.54) is 25.7 Å². The number of carbonyl (C=O) groups excluding carboxylic acids is 1. The second-order valence-corrected chi connectivity index (χ2v) is 4.53. The molecule has 1 fully saturated rings. The Labute approximate surface area is 91.3 Å². The van der Waals surface area contributed by atoms with E-state index in [0.717, 1.165) is 12.1 Å². The molecule has 1 rings (SSSR count). The van der Waals surface area contributed by atoms with Gasteiger partial charge >= 0.3 is 6.03 Å². The van der Waals surface area contributed by atoms with Crippen LogP contribution in [0.15, 0.2) is 5.10 Å². The Balaban J connectivity index is 2.69. The monoisotopic (exact) mass is 211 g/mol. The van der Waals surface area contributed by atoms with Crippen molar-refractivity contribution in [3.8, 4) is 0 Å². The zero-order valence-corrected chi connectivity index (χ0v) is 9.62. The number of primary amides is 1. The van der Waals surface area contributed by atoms with Crippen molar-refractivity contribution in [2.75, 3.05) is 0 Å². The molecule has 4 nitrogen and oxygen atoms in total. The normalized spacial score (nSPS) is 25.3. The number of hydrogen-bond acceptors (Lipinski definition) is 2. The molecule has 0 aromatic rings. The van der Waals surface area contributed by atoms with Gasteiger partial charge in [-0.3, -0.25) is 0 Å². The van der Waals surface area contributed by atoms with E-state index in [9.17, 15) is 4.79 Å². The molecule has 15 heavy (non-hydrogen) atoms. The summed E-state index contributed by atoms with van der Waals surface area (Å²) < 4.78 is 0. The molecule has 0 aromatic heterocycles. The number of nitrogens with zero attached hydrogens (tertiary/aromatic N) is 1. The lowest BCUT2D eigenvalue weighted by molar-refractivity contribution is 0.249. The Kier molecular flexibility index (Phi) is 4.59. The van der Waals surface area contributed by atoms with Gasteiger partial charge in [0, 0.05) is 11.6 Å². The maximum Gasteiger partial charge on any atom is 0.332 e. The average Bonchev–Trinajstić information content (AvgIpc) is 2.39. The molecule has 1 atom stereocenters. The summed E-state index contributed by atoms with van der Waals surface area (Å²) in [5.41, 5.74) is 8.48. The van der Waals surface area contributed by atoms with Crippen LogP contribution in [0, 0.1) is 11.8 Å². The van der Waals surface area contributed by atoms with Gasteiger partial charge in [0.1, 0.15) is 0 Å². The van der Waals surface area contributed by atoms with Crippen LogP contribution in [0.3, 0.4) is 0 Å². The van der Waals surface area contributed by atoms with Crippen LogP contribution in [-0.4, -0.2) is 11.7 Å². The van der Waals surface area contributed by atoms with Gasteiger partial charge in [-0.15, -0.1) is 0 Å². The maximum atomic E-state index is 10.6. The van der Waals surface area contributed by atoms with E-state index in [1.54, 1.807) is 0 Å². The first-order valence-corrected chi connectivity index (χ1v) is 5.73. The van der Waals surface area contributed by atoms with Crippen molar-refractivity contribution in [3.63, 3.8) is 0 Å². The summed E-state index contributed by atoms with van der Waals surface area (Å²) in [6, 6.07) is -0.575. The van der Waals surface area contributed by atoms with E-state index in [4.69, 9.17) is 5.73 Å². The molecule has 86 valence electrons. The summed E-state index contributed by atoms with van der Waals surface area (Å²) in [7, 11) is 0. The fourth-order valence-electron chi connectivity index (χ4n) is 2.18. The molecule has 1 aliphatic carbocycles. The third-order valence-corrected chi connectivity index (χ3v) is 2.99. The minimum Gasteiger partial charge on any atom is -0.350 e. The fraction of sp³-hybridized carbons (Fsp3) is 0.818. The molecule has 1 unspecified atom stereocenters. The predicted octanol–water partition coefficient (Wildman–Crippen LogP) is 2.25. The van der Waals surface area contributed by atoms with E-state index >= 15 is 0 Å². The van der Waals surface area contributed by atoms with Crippen molar-refractivity contribution in [1.82, 2.24) is 5.43 Å². The Morgan fingerprint density at radius 3 is 2.80 bits per heavy atom. The summed E-state index contributed by atoms with van der Waals surface area (Å²) in [6.45, 7) is 4.41. The van der Waals surface area contributed by atoms with Gasteiger partial charge < -0.3 is 5.73 Å². The molecule has 1 aliphatic rings. The van der Waals surface area contributed by atoms with E-state index in [1.807, 2.05) is 0 Å². The first-order chi connectivity index (χ1) is 7.11. The minimum absolute atomic E-state index is 0.499. The fourth-order valence-corrected chi connectivity index (χ4v) is 2.18. The predicted molar refractivity (Wildman–Crippen MR) is 61.6 cm³/mol. The molecule has 0 heterocycles. The van der Waals surface area contributed by atoms with Crippen molar-refractivity contribution in [1.29, 1.82) is 0 Å². The number of amides is 2. The lowest BCUT2D eigenvalue weighted by atomic mass is 9.87. The van der Waals surface area contributed by atoms with Crippen LogP contribution in [0.25, 0.3) is 0 Å². The smallest absolute Gasteiger partial charge is 0.332 e. The molecular weight excluding hydrogens is 190 g/mol. The standard InChI is InChI=1S/C11H21N3O/c1-8(2)9-6-4-3-5-7-10(9)13-14-11(12)15/h8-9H,3-7H2,1-2H3,(H3,12,14,15)/b13-10-. The third kappa shape index (κ3) is 3.90. The second kappa shape index (κ2) is 5.73. The third-order valence-electron chi connectivity index (χ3n) is 2.99. The molecule has 0 spiro atoms. The molecular formula is C11H21N3O. The topological polar surface area (TPSA) is 67.5 Å². The van der Waals surface area contributed by atoms with E-state index in [-0.39, 0.29) is 0 Å². The van der Waals surface area contributed by atoms with Crippen LogP contribution in [0.1, 0.15) is 46.0 Å². The zero-order valence-electron chi connectivity index (χ0n) is 9.62. The van der Waals surface area contributed by atoms with Gasteiger partial charge in [-0.05, 0) is 25.2 Å². The number of carbonyl (C=O) groups is 1. The summed E-state index contributed by atoms with van der Waals surface area (Å²) in [5, 5.41) is 4.14. The number of hydrogen-bond donors (Lipinski definition) is 2. The van der Waals surface area contributed by atoms with Crippen LogP contribution >= 0.6 is 0 Å². The van der Waals surface area contributed by atoms with Crippen molar-refractivity contribution in [3.05, 3.63) is 0 Å². The number of hydrazone groups is 1. The molecule has 0 aliphatic heterocycles. The Morgan fingerprint density at radius 2 is 2.20 bits per heavy atom. The van der Waals surface area contributed by atoms with Crippen LogP contribution in [-0.2, 0) is 0 Å². The van der Waals surface area contributed by atoms with Crippen LogP contribution in [0.2, 0.25) is 0 Å². The van der Waals surface area contributed by atoms with Gasteiger partial charge in [-0.25, -0.2) is 10.2 Å². The van der Waals surface area contributed by atoms with Gasteiger partial charge in [0.05, 0.1) is 0 Å². The Morgan fingerprint density at radius 1 is 1.47 bits per heavy atom. The van der Waals surface area contributed by atoms with Crippen LogP contribution in [0.5, 0.6) is 0 Å². The van der Waals surface area contributed by atoms with Crippen molar-refractivity contribution >= 4 is 11.7 Å². The first-order valence-electron chi connectivity index (χ1n) is 5.73. The summed E-state index contributed by atoms with van der Waals surface area (Å²) in [6.07, 6.45) is 5.86. The van der Waals surface area contributed by atoms with Gasteiger partial charge in [-0.1, -0.05) is 26.7 Å². The lowest BCUT2D eigenvalue weighted by Gasteiger charge is -2.20. The van der Waals surface area contributed by atoms with Crippen LogP contribution < -0.4 is 11.2 Å². The molecule has 0 bridgehead atoms. The first kappa shape index (κ1) is 12.0. The average molecular weight is 211 g/mol. The Bertz CT molecular complexity index is 248. The number of rotatable bonds is 2. The Hall–Kier alpha value is -1.06. The van der Waals surface area contributed by atoms with Gasteiger partial charge in [0.15, 0.2) is 0 Å². The highest BCUT2D eigenvalue weighted by Crippen LogP contribution is 2.26. The molecule has 0 saturated heterocycles. The SMILES string of the molecule is CC(C)C1CCCCC/C1=N/NC(N)=O. The molecule has 3 N–H and O–H groups in total. The van der Waals surface area contributed by atoms with E-state index in [2.05, 4.69) is 24.4 Å². The van der Waals surface area contributed by atoms with E-state index < -0.39 is 6.03 Å². The van der Waals surface area contributed by atoms with Gasteiger partial charge in [-0.2, -0.15) is 5.10 Å². The number of urea groups is 1. The van der Waals surface area contributed by atoms with Gasteiger partial charge in [0.25, 0.3) is 0 Å². The van der Waals surface area contributed by atoms with Crippen LogP contribution in [0.4, 0.5) is 4.79 Å². The van der Waals surface area contributed by atoms with Crippen molar-refractivity contribution in [2.24, 2.45) is 22.7 Å². The number of nitrogens with two attached hydrogens (primary N) is 1. The molecule has 1 saturated carbocycles. The lowest BCUT2D eigenvalue weighted by Crippen LogP contribution is -2.28. The highest BCUT2D eigenvalue weighted by Gasteiger charge is 2.22. The summed E-state index contributed by atoms with van der Waals surface area (Å²) >= 11 is 0. The second-order valence-electron chi connectivity index (χ2n) is 4.53. The molecule has 4 heteroatoms. The maximum absolute atomic E-state index is 10.6. The van der Waals surface area contributed by atoms with Crippen molar-refractivity contribution < 1.29 is 4.79 Å². The zero-order chi connectivity index (χ0) is 11.3. The molecule has 0 aromatic carbocycles. The highest BCUT2D eigenvalue weighted by atomic mass is 16.2. The quantitative estimate of drug-likeness (QED) is 0.534. The summed E-state index contributed by atoms with van der Waals surface area (Å²) in [4.78, 5) is 10.6.